The lowest BCUT2D eigenvalue weighted by Crippen LogP contribution is -2.47. The van der Waals surface area contributed by atoms with Gasteiger partial charge in [-0.25, -0.2) is 4.98 Å². The molecule has 1 amide bonds. The zero-order valence-electron chi connectivity index (χ0n) is 22.2. The monoisotopic (exact) mass is 599 g/mol. The molecule has 208 valence electrons. The van der Waals surface area contributed by atoms with Gasteiger partial charge in [-0.3, -0.25) is 9.69 Å². The van der Waals surface area contributed by atoms with E-state index in [1.807, 2.05) is 43.3 Å². The summed E-state index contributed by atoms with van der Waals surface area (Å²) < 4.78 is 2.07. The first-order valence-electron chi connectivity index (χ1n) is 12.7. The molecule has 0 unspecified atom stereocenters. The van der Waals surface area contributed by atoms with Crippen LogP contribution in [0.1, 0.15) is 47.3 Å². The summed E-state index contributed by atoms with van der Waals surface area (Å²) in [6, 6.07) is 13.8. The number of nitrogens with one attached hydrogen (secondary N) is 1. The maximum atomic E-state index is 13.0. The highest BCUT2D eigenvalue weighted by atomic mass is 35.5. The number of aromatic nitrogens is 2. The van der Waals surface area contributed by atoms with E-state index in [1.54, 1.807) is 0 Å². The number of imidazole rings is 1. The van der Waals surface area contributed by atoms with Crippen LogP contribution in [0.25, 0.3) is 5.69 Å². The van der Waals surface area contributed by atoms with Crippen molar-refractivity contribution in [3.8, 4) is 5.69 Å². The number of halogens is 4. The third-order valence-electron chi connectivity index (χ3n) is 6.84. The van der Waals surface area contributed by atoms with Crippen molar-refractivity contribution >= 4 is 59.6 Å². The van der Waals surface area contributed by atoms with Gasteiger partial charge in [-0.05, 0) is 75.2 Å². The van der Waals surface area contributed by atoms with Crippen molar-refractivity contribution in [2.24, 2.45) is 0 Å². The molecule has 0 atom stereocenters. The molecule has 10 heteroatoms. The first-order valence-corrected chi connectivity index (χ1v) is 13.5. The second kappa shape index (κ2) is 15.0. The summed E-state index contributed by atoms with van der Waals surface area (Å²) in [5.74, 6) is 0.786. The van der Waals surface area contributed by atoms with Crippen molar-refractivity contribution in [2.75, 3.05) is 44.2 Å². The van der Waals surface area contributed by atoms with E-state index < -0.39 is 0 Å². The molecule has 6 nitrogen and oxygen atoms in total. The predicted molar refractivity (Wildman–Crippen MR) is 164 cm³/mol. The van der Waals surface area contributed by atoms with Gasteiger partial charge < -0.3 is 14.8 Å². The van der Waals surface area contributed by atoms with Crippen molar-refractivity contribution in [1.82, 2.24) is 19.8 Å². The molecular formula is C28H37Cl4N5O. The normalized spacial score (nSPS) is 13.6. The number of anilines is 1. The van der Waals surface area contributed by atoms with E-state index in [4.69, 9.17) is 28.2 Å². The number of nitrogens with zero attached hydrogens (tertiary/aromatic N) is 4. The van der Waals surface area contributed by atoms with Crippen LogP contribution < -0.4 is 10.2 Å². The summed E-state index contributed by atoms with van der Waals surface area (Å²) in [5.41, 5.74) is 4.69. The van der Waals surface area contributed by atoms with Crippen molar-refractivity contribution in [3.05, 3.63) is 75.3 Å². The lowest BCUT2D eigenvalue weighted by Gasteiger charge is -2.37. The zero-order valence-corrected chi connectivity index (χ0v) is 25.3. The highest BCUT2D eigenvalue weighted by Gasteiger charge is 2.21. The van der Waals surface area contributed by atoms with Gasteiger partial charge in [0.25, 0.3) is 5.91 Å². The molecule has 1 fully saturated rings. The molecule has 2 aromatic carbocycles. The molecule has 38 heavy (non-hydrogen) atoms. The molecule has 1 aliphatic rings. The van der Waals surface area contributed by atoms with E-state index in [-0.39, 0.29) is 30.7 Å². The number of carbonyl (C=O) groups is 1. The van der Waals surface area contributed by atoms with Crippen LogP contribution in [0.15, 0.2) is 42.5 Å². The average molecular weight is 601 g/mol. The van der Waals surface area contributed by atoms with Crippen LogP contribution in [-0.2, 0) is 6.42 Å². The van der Waals surface area contributed by atoms with Crippen molar-refractivity contribution in [3.63, 3.8) is 0 Å². The smallest absolute Gasteiger partial charge is 0.271 e. The number of hydrogen-bond acceptors (Lipinski definition) is 4. The van der Waals surface area contributed by atoms with Gasteiger partial charge >= 0.3 is 0 Å². The SMILES string of the molecule is CCCc1nc(C(=O)NCCCN2CCN(c3cccc(Cl)c3C)CC2)c(C)n1-c1ccc(Cl)cc1.Cl.Cl. The summed E-state index contributed by atoms with van der Waals surface area (Å²) >= 11 is 12.4. The zero-order chi connectivity index (χ0) is 25.7. The molecule has 0 saturated carbocycles. The van der Waals surface area contributed by atoms with Gasteiger partial charge in [-0.1, -0.05) is 36.2 Å². The lowest BCUT2D eigenvalue weighted by atomic mass is 10.1. The van der Waals surface area contributed by atoms with E-state index in [2.05, 4.69) is 39.6 Å². The molecule has 0 radical (unpaired) electrons. The lowest BCUT2D eigenvalue weighted by molar-refractivity contribution is 0.0946. The van der Waals surface area contributed by atoms with Crippen molar-refractivity contribution in [1.29, 1.82) is 0 Å². The molecular weight excluding hydrogens is 564 g/mol. The molecule has 0 aliphatic carbocycles. The minimum absolute atomic E-state index is 0. The number of carbonyl (C=O) groups excluding carboxylic acids is 1. The van der Waals surface area contributed by atoms with Crippen LogP contribution in [-0.4, -0.2) is 59.6 Å². The number of rotatable bonds is 9. The maximum absolute atomic E-state index is 13.0. The van der Waals surface area contributed by atoms with Gasteiger partial charge in [0, 0.05) is 60.6 Å². The fraction of sp³-hybridized carbons (Fsp3) is 0.429. The third kappa shape index (κ3) is 7.57. The van der Waals surface area contributed by atoms with Crippen LogP contribution in [0.3, 0.4) is 0 Å². The summed E-state index contributed by atoms with van der Waals surface area (Å²) in [7, 11) is 0. The van der Waals surface area contributed by atoms with Gasteiger partial charge in [0.1, 0.15) is 11.5 Å². The van der Waals surface area contributed by atoms with E-state index in [9.17, 15) is 4.79 Å². The largest absolute Gasteiger partial charge is 0.369 e. The molecule has 1 saturated heterocycles. The van der Waals surface area contributed by atoms with E-state index in [0.29, 0.717) is 17.3 Å². The van der Waals surface area contributed by atoms with Gasteiger partial charge in [-0.2, -0.15) is 0 Å². The quantitative estimate of drug-likeness (QED) is 0.284. The minimum atomic E-state index is -0.112. The highest BCUT2D eigenvalue weighted by molar-refractivity contribution is 6.31. The molecule has 1 aliphatic heterocycles. The Bertz CT molecular complexity index is 1190. The fourth-order valence-electron chi connectivity index (χ4n) is 4.84. The average Bonchev–Trinajstić information content (AvgIpc) is 3.20. The van der Waals surface area contributed by atoms with E-state index >= 15 is 0 Å². The molecule has 4 rings (SSSR count). The van der Waals surface area contributed by atoms with Crippen LogP contribution in [0.2, 0.25) is 10.0 Å². The standard InChI is InChI=1S/C28H35Cl2N5O.2ClH/c1-4-7-26-32-27(21(3)35(26)23-12-10-22(29)11-13-23)28(36)31-14-6-15-33-16-18-34(19-17-33)25-9-5-8-24(30)20(25)2;;/h5,8-13H,4,6-7,14-19H2,1-3H3,(H,31,36);2*1H. The third-order valence-corrected chi connectivity index (χ3v) is 7.50. The molecule has 0 spiro atoms. The molecule has 0 bridgehead atoms. The summed E-state index contributed by atoms with van der Waals surface area (Å²) in [6.07, 6.45) is 2.66. The Morgan fingerprint density at radius 1 is 1.00 bits per heavy atom. The summed E-state index contributed by atoms with van der Waals surface area (Å²) in [5, 5.41) is 4.59. The number of hydrogen-bond donors (Lipinski definition) is 1. The van der Waals surface area contributed by atoms with Crippen molar-refractivity contribution < 1.29 is 4.79 Å². The second-order valence-corrected chi connectivity index (χ2v) is 10.2. The number of amides is 1. The fourth-order valence-corrected chi connectivity index (χ4v) is 5.13. The molecule has 3 aromatic rings. The highest BCUT2D eigenvalue weighted by Crippen LogP contribution is 2.27. The Labute approximate surface area is 248 Å². The number of aryl methyl sites for hydroxylation is 1. The van der Waals surface area contributed by atoms with Gasteiger partial charge in [-0.15, -0.1) is 24.8 Å². The van der Waals surface area contributed by atoms with Gasteiger partial charge in [0.2, 0.25) is 0 Å². The van der Waals surface area contributed by atoms with Crippen molar-refractivity contribution in [2.45, 2.75) is 40.0 Å². The Balaban J connectivity index is 0.00000253. The van der Waals surface area contributed by atoms with Crippen LogP contribution >= 0.6 is 48.0 Å². The van der Waals surface area contributed by atoms with Gasteiger partial charge in [0.15, 0.2) is 0 Å². The van der Waals surface area contributed by atoms with Crippen LogP contribution in [0.4, 0.5) is 5.69 Å². The first kappa shape index (κ1) is 32.3. The summed E-state index contributed by atoms with van der Waals surface area (Å²) in [6.45, 7) is 11.7. The molecule has 1 N–H and O–H groups in total. The number of benzene rings is 2. The number of piperazine rings is 1. The Morgan fingerprint density at radius 2 is 1.68 bits per heavy atom. The molecule has 2 heterocycles. The Kier molecular flexibility index (Phi) is 12.7. The Morgan fingerprint density at radius 3 is 2.34 bits per heavy atom. The minimum Gasteiger partial charge on any atom is -0.369 e. The van der Waals surface area contributed by atoms with Crippen LogP contribution in [0.5, 0.6) is 0 Å². The van der Waals surface area contributed by atoms with E-state index in [1.165, 1.54) is 5.69 Å². The van der Waals surface area contributed by atoms with Gasteiger partial charge in [0.05, 0.1) is 5.69 Å². The Hall–Kier alpha value is -1.96. The molecule has 1 aromatic heterocycles. The van der Waals surface area contributed by atoms with Crippen LogP contribution in [0, 0.1) is 13.8 Å². The van der Waals surface area contributed by atoms with E-state index in [0.717, 1.165) is 79.8 Å². The maximum Gasteiger partial charge on any atom is 0.271 e. The predicted octanol–water partition coefficient (Wildman–Crippen LogP) is 6.53. The topological polar surface area (TPSA) is 53.4 Å². The summed E-state index contributed by atoms with van der Waals surface area (Å²) in [4.78, 5) is 22.6. The second-order valence-electron chi connectivity index (χ2n) is 9.35. The first-order chi connectivity index (χ1) is 17.4.